The Bertz CT molecular complexity index is 178. The minimum atomic E-state index is -2.38. The second-order valence-corrected chi connectivity index (χ2v) is 5.53. The van der Waals surface area contributed by atoms with E-state index in [1.807, 2.05) is 0 Å². The lowest BCUT2D eigenvalue weighted by Crippen LogP contribution is -2.18. The van der Waals surface area contributed by atoms with Crippen molar-refractivity contribution >= 4 is 15.9 Å². The van der Waals surface area contributed by atoms with Gasteiger partial charge in [0.1, 0.15) is 0 Å². The van der Waals surface area contributed by atoms with Crippen LogP contribution in [0, 0.1) is 11.3 Å². The molecule has 0 N–H and O–H groups in total. The van der Waals surface area contributed by atoms with Gasteiger partial charge in [0.25, 0.3) is 0 Å². The second kappa shape index (κ2) is 3.84. The predicted molar refractivity (Wildman–Crippen MR) is 54.5 cm³/mol. The van der Waals surface area contributed by atoms with Crippen LogP contribution in [-0.4, -0.2) is 11.3 Å². The molecule has 0 bridgehead atoms. The number of rotatable bonds is 3. The summed E-state index contributed by atoms with van der Waals surface area (Å²) in [6.45, 7) is 4.25. The molecule has 1 rings (SSSR count). The lowest BCUT2D eigenvalue weighted by Gasteiger charge is -2.25. The first-order chi connectivity index (χ1) is 5.85. The average Bonchev–Trinajstić information content (AvgIpc) is 2.29. The van der Waals surface area contributed by atoms with Crippen LogP contribution in [0.1, 0.15) is 39.5 Å². The maximum absolute atomic E-state index is 12.9. The Morgan fingerprint density at radius 2 is 2.08 bits per heavy atom. The minimum absolute atomic E-state index is 0.0933. The fraction of sp³-hybridized carbons (Fsp3) is 1.00. The first-order valence-electron chi connectivity index (χ1n) is 4.78. The molecule has 78 valence electrons. The normalized spacial score (nSPS) is 27.9. The zero-order valence-corrected chi connectivity index (χ0v) is 9.83. The van der Waals surface area contributed by atoms with Crippen LogP contribution in [-0.2, 0) is 0 Å². The molecule has 0 aliphatic heterocycles. The zero-order valence-electron chi connectivity index (χ0n) is 8.25. The van der Waals surface area contributed by atoms with Crippen LogP contribution in [0.25, 0.3) is 0 Å². The Morgan fingerprint density at radius 3 is 2.46 bits per heavy atom. The summed E-state index contributed by atoms with van der Waals surface area (Å²) >= 11 is 3.42. The van der Waals surface area contributed by atoms with E-state index in [4.69, 9.17) is 0 Å². The SMILES string of the molecule is CC(C)(CBr)CC1CCC(F)(F)C1. The Hall–Kier alpha value is 0.340. The maximum Gasteiger partial charge on any atom is 0.248 e. The Balaban J connectivity index is 2.40. The van der Waals surface area contributed by atoms with Crippen molar-refractivity contribution in [2.75, 3.05) is 5.33 Å². The molecule has 1 saturated carbocycles. The van der Waals surface area contributed by atoms with Crippen molar-refractivity contribution in [1.29, 1.82) is 0 Å². The lowest BCUT2D eigenvalue weighted by atomic mass is 9.84. The summed E-state index contributed by atoms with van der Waals surface area (Å²) in [6, 6.07) is 0. The molecule has 0 aromatic carbocycles. The number of hydrogen-bond acceptors (Lipinski definition) is 0. The van der Waals surface area contributed by atoms with Crippen LogP contribution >= 0.6 is 15.9 Å². The lowest BCUT2D eigenvalue weighted by molar-refractivity contribution is 0.00348. The average molecular weight is 255 g/mol. The van der Waals surface area contributed by atoms with Crippen molar-refractivity contribution in [3.8, 4) is 0 Å². The molecular weight excluding hydrogens is 238 g/mol. The molecule has 1 aliphatic rings. The smallest absolute Gasteiger partial charge is 0.207 e. The van der Waals surface area contributed by atoms with E-state index in [1.54, 1.807) is 0 Å². The molecule has 0 aromatic rings. The molecule has 1 atom stereocenters. The number of alkyl halides is 3. The third-order valence-corrected chi connectivity index (χ3v) is 4.23. The van der Waals surface area contributed by atoms with E-state index in [0.717, 1.165) is 11.8 Å². The summed E-state index contributed by atoms with van der Waals surface area (Å²) in [4.78, 5) is 0. The monoisotopic (exact) mass is 254 g/mol. The van der Waals surface area contributed by atoms with Crippen molar-refractivity contribution in [3.05, 3.63) is 0 Å². The van der Waals surface area contributed by atoms with Crippen LogP contribution in [0.4, 0.5) is 8.78 Å². The van der Waals surface area contributed by atoms with E-state index in [0.29, 0.717) is 6.42 Å². The summed E-state index contributed by atoms with van der Waals surface area (Å²) < 4.78 is 25.7. The molecule has 1 aliphatic carbocycles. The van der Waals surface area contributed by atoms with E-state index < -0.39 is 5.92 Å². The van der Waals surface area contributed by atoms with Crippen LogP contribution in [0.5, 0.6) is 0 Å². The summed E-state index contributed by atoms with van der Waals surface area (Å²) in [6.07, 6.45) is 1.80. The van der Waals surface area contributed by atoms with E-state index in [-0.39, 0.29) is 24.2 Å². The standard InChI is InChI=1S/C10H17BrF2/c1-9(2,7-11)5-8-3-4-10(12,13)6-8/h8H,3-7H2,1-2H3. The summed E-state index contributed by atoms with van der Waals surface area (Å²) in [7, 11) is 0. The highest BCUT2D eigenvalue weighted by molar-refractivity contribution is 9.09. The quantitative estimate of drug-likeness (QED) is 0.662. The van der Waals surface area contributed by atoms with Crippen LogP contribution in [0.15, 0.2) is 0 Å². The van der Waals surface area contributed by atoms with Gasteiger partial charge in [-0.2, -0.15) is 0 Å². The van der Waals surface area contributed by atoms with Crippen LogP contribution < -0.4 is 0 Å². The van der Waals surface area contributed by atoms with Crippen molar-refractivity contribution < 1.29 is 8.78 Å². The van der Waals surface area contributed by atoms with E-state index in [9.17, 15) is 8.78 Å². The Kier molecular flexibility index (Phi) is 3.37. The van der Waals surface area contributed by atoms with E-state index in [1.165, 1.54) is 0 Å². The molecule has 0 nitrogen and oxygen atoms in total. The second-order valence-electron chi connectivity index (χ2n) is 4.97. The van der Waals surface area contributed by atoms with Gasteiger partial charge >= 0.3 is 0 Å². The Morgan fingerprint density at radius 1 is 1.46 bits per heavy atom. The zero-order chi connectivity index (χ0) is 10.1. The number of hydrogen-bond donors (Lipinski definition) is 0. The van der Waals surface area contributed by atoms with Gasteiger partial charge in [0, 0.05) is 18.2 Å². The van der Waals surface area contributed by atoms with Gasteiger partial charge < -0.3 is 0 Å². The van der Waals surface area contributed by atoms with Crippen LogP contribution in [0.3, 0.4) is 0 Å². The van der Waals surface area contributed by atoms with E-state index in [2.05, 4.69) is 29.8 Å². The molecule has 1 fully saturated rings. The largest absolute Gasteiger partial charge is 0.248 e. The van der Waals surface area contributed by atoms with Gasteiger partial charge in [0.15, 0.2) is 0 Å². The van der Waals surface area contributed by atoms with Gasteiger partial charge in [-0.15, -0.1) is 0 Å². The fourth-order valence-corrected chi connectivity index (χ4v) is 2.28. The fourth-order valence-electron chi connectivity index (χ4n) is 2.05. The van der Waals surface area contributed by atoms with Crippen molar-refractivity contribution in [3.63, 3.8) is 0 Å². The minimum Gasteiger partial charge on any atom is -0.207 e. The van der Waals surface area contributed by atoms with Crippen molar-refractivity contribution in [1.82, 2.24) is 0 Å². The van der Waals surface area contributed by atoms with Gasteiger partial charge in [0.2, 0.25) is 5.92 Å². The molecule has 0 saturated heterocycles. The van der Waals surface area contributed by atoms with Gasteiger partial charge in [0.05, 0.1) is 0 Å². The number of halogens is 3. The molecule has 0 heterocycles. The van der Waals surface area contributed by atoms with Gasteiger partial charge in [-0.1, -0.05) is 29.8 Å². The van der Waals surface area contributed by atoms with Crippen molar-refractivity contribution in [2.24, 2.45) is 11.3 Å². The predicted octanol–water partition coefficient (Wildman–Crippen LogP) is 4.23. The third-order valence-electron chi connectivity index (χ3n) is 2.71. The summed E-state index contributed by atoms with van der Waals surface area (Å²) in [5.74, 6) is -2.16. The molecule has 3 heteroatoms. The highest BCUT2D eigenvalue weighted by Gasteiger charge is 2.40. The molecule has 1 unspecified atom stereocenters. The first kappa shape index (κ1) is 11.4. The molecular formula is C10H17BrF2. The highest BCUT2D eigenvalue weighted by Crippen LogP contribution is 2.43. The summed E-state index contributed by atoms with van der Waals surface area (Å²) in [5.41, 5.74) is 0.158. The molecule has 0 spiro atoms. The van der Waals surface area contributed by atoms with E-state index >= 15 is 0 Å². The summed E-state index contributed by atoms with van der Waals surface area (Å²) in [5, 5.41) is 0.891. The first-order valence-corrected chi connectivity index (χ1v) is 5.91. The molecule has 13 heavy (non-hydrogen) atoms. The third kappa shape index (κ3) is 3.53. The van der Waals surface area contributed by atoms with Crippen molar-refractivity contribution in [2.45, 2.75) is 45.5 Å². The molecule has 0 radical (unpaired) electrons. The molecule has 0 aromatic heterocycles. The van der Waals surface area contributed by atoms with Crippen LogP contribution in [0.2, 0.25) is 0 Å². The Labute approximate surface area is 87.2 Å². The maximum atomic E-state index is 12.9. The topological polar surface area (TPSA) is 0 Å². The highest BCUT2D eigenvalue weighted by atomic mass is 79.9. The molecule has 0 amide bonds. The van der Waals surface area contributed by atoms with Gasteiger partial charge in [-0.25, -0.2) is 8.78 Å². The van der Waals surface area contributed by atoms with Gasteiger partial charge in [-0.3, -0.25) is 0 Å². The van der Waals surface area contributed by atoms with Gasteiger partial charge in [-0.05, 0) is 24.2 Å².